The molecule has 0 saturated carbocycles. The van der Waals surface area contributed by atoms with E-state index in [0.717, 1.165) is 26.6 Å². The van der Waals surface area contributed by atoms with Crippen molar-refractivity contribution in [1.82, 2.24) is 14.2 Å². The van der Waals surface area contributed by atoms with Crippen LogP contribution in [0.2, 0.25) is 0 Å². The summed E-state index contributed by atoms with van der Waals surface area (Å²) in [6.45, 7) is 5.98. The third-order valence-electron chi connectivity index (χ3n) is 5.45. The molecule has 4 rings (SSSR count). The number of nitrogens with zero attached hydrogens (tertiary/aromatic N) is 4. The molecule has 0 aliphatic heterocycles. The molecule has 7 nitrogen and oxygen atoms in total. The number of benzene rings is 2. The predicted octanol–water partition coefficient (Wildman–Crippen LogP) is 4.60. The van der Waals surface area contributed by atoms with Crippen LogP contribution < -0.4 is 5.56 Å². The first-order valence-electron chi connectivity index (χ1n) is 10.2. The van der Waals surface area contributed by atoms with Crippen LogP contribution >= 0.6 is 15.9 Å². The Morgan fingerprint density at radius 2 is 1.97 bits per heavy atom. The summed E-state index contributed by atoms with van der Waals surface area (Å²) < 4.78 is 8.92. The summed E-state index contributed by atoms with van der Waals surface area (Å²) in [7, 11) is 1.37. The normalized spacial score (nSPS) is 11.8. The van der Waals surface area contributed by atoms with Gasteiger partial charge in [-0.15, -0.1) is 0 Å². The lowest BCUT2D eigenvalue weighted by Crippen LogP contribution is -2.23. The average molecular weight is 495 g/mol. The second-order valence-electron chi connectivity index (χ2n) is 7.83. The molecule has 164 valence electrons. The zero-order chi connectivity index (χ0) is 23.0. The zero-order valence-electron chi connectivity index (χ0n) is 18.3. The van der Waals surface area contributed by atoms with Crippen LogP contribution in [0.5, 0.6) is 0 Å². The molecular formula is C24H23BrN4O3. The number of halogens is 1. The Morgan fingerprint density at radius 1 is 1.22 bits per heavy atom. The predicted molar refractivity (Wildman–Crippen MR) is 129 cm³/mol. The summed E-state index contributed by atoms with van der Waals surface area (Å²) >= 11 is 3.42. The van der Waals surface area contributed by atoms with E-state index in [1.54, 1.807) is 12.3 Å². The second kappa shape index (κ2) is 8.70. The fourth-order valence-corrected chi connectivity index (χ4v) is 4.15. The summed E-state index contributed by atoms with van der Waals surface area (Å²) in [6, 6.07) is 13.2. The number of carbonyl (C=O) groups is 1. The van der Waals surface area contributed by atoms with Crippen molar-refractivity contribution < 1.29 is 9.53 Å². The smallest absolute Gasteiger partial charge is 0.325 e. The number of ether oxygens (including phenoxy) is 1. The number of aromatic nitrogens is 3. The van der Waals surface area contributed by atoms with Crippen molar-refractivity contribution in [2.75, 3.05) is 7.11 Å². The molecule has 0 spiro atoms. The third kappa shape index (κ3) is 3.86. The van der Waals surface area contributed by atoms with Crippen molar-refractivity contribution >= 4 is 49.9 Å². The van der Waals surface area contributed by atoms with Gasteiger partial charge in [-0.2, -0.15) is 9.78 Å². The lowest BCUT2D eigenvalue weighted by Gasteiger charge is -2.12. The van der Waals surface area contributed by atoms with Gasteiger partial charge in [-0.1, -0.05) is 48.0 Å². The third-order valence-corrected chi connectivity index (χ3v) is 5.94. The molecular weight excluding hydrogens is 472 g/mol. The highest BCUT2D eigenvalue weighted by Gasteiger charge is 2.17. The first kappa shape index (κ1) is 22.0. The maximum Gasteiger partial charge on any atom is 0.325 e. The monoisotopic (exact) mass is 494 g/mol. The Labute approximate surface area is 193 Å². The van der Waals surface area contributed by atoms with Gasteiger partial charge in [-0.25, -0.2) is 4.98 Å². The van der Waals surface area contributed by atoms with E-state index in [2.05, 4.69) is 21.0 Å². The van der Waals surface area contributed by atoms with Gasteiger partial charge in [0.15, 0.2) is 0 Å². The standard InChI is InChI=1S/C24H23BrN4O3/c1-14(2)23-27-20-10-9-16(25)11-18(20)24(31)29(23)26-12-19-15(3)28(13-22(30)32-4)21-8-6-5-7-17(19)21/h5-12,14H,13H2,1-4H3. The summed E-state index contributed by atoms with van der Waals surface area (Å²) in [5.74, 6) is 0.242. The van der Waals surface area contributed by atoms with Crippen LogP contribution in [-0.2, 0) is 16.1 Å². The number of methoxy groups -OCH3 is 1. The van der Waals surface area contributed by atoms with E-state index < -0.39 is 0 Å². The number of esters is 1. The number of hydrogen-bond donors (Lipinski definition) is 0. The van der Waals surface area contributed by atoms with Crippen LogP contribution in [0, 0.1) is 6.92 Å². The SMILES string of the molecule is COC(=O)Cn1c(C)c(C=Nn2c(C(C)C)nc3ccc(Br)cc3c2=O)c2ccccc21. The molecule has 0 unspecified atom stereocenters. The second-order valence-corrected chi connectivity index (χ2v) is 8.74. The number of para-hydroxylation sites is 1. The van der Waals surface area contributed by atoms with Crippen LogP contribution in [0.25, 0.3) is 21.8 Å². The van der Waals surface area contributed by atoms with Crippen LogP contribution in [0.3, 0.4) is 0 Å². The van der Waals surface area contributed by atoms with Crippen molar-refractivity contribution in [2.24, 2.45) is 5.10 Å². The highest BCUT2D eigenvalue weighted by Crippen LogP contribution is 2.25. The lowest BCUT2D eigenvalue weighted by molar-refractivity contribution is -0.141. The molecule has 0 atom stereocenters. The molecule has 0 aliphatic rings. The minimum Gasteiger partial charge on any atom is -0.468 e. The Kier molecular flexibility index (Phi) is 5.97. The highest BCUT2D eigenvalue weighted by molar-refractivity contribution is 9.10. The highest BCUT2D eigenvalue weighted by atomic mass is 79.9. The molecule has 2 aromatic carbocycles. The molecule has 0 amide bonds. The zero-order valence-corrected chi connectivity index (χ0v) is 19.9. The van der Waals surface area contributed by atoms with E-state index in [-0.39, 0.29) is 24.0 Å². The van der Waals surface area contributed by atoms with E-state index >= 15 is 0 Å². The van der Waals surface area contributed by atoms with E-state index in [4.69, 9.17) is 9.72 Å². The van der Waals surface area contributed by atoms with Gasteiger partial charge in [0.05, 0.1) is 24.2 Å². The Bertz CT molecular complexity index is 1430. The summed E-state index contributed by atoms with van der Waals surface area (Å²) in [6.07, 6.45) is 1.67. The lowest BCUT2D eigenvalue weighted by atomic mass is 10.1. The minimum absolute atomic E-state index is 0.00494. The maximum atomic E-state index is 13.3. The van der Waals surface area contributed by atoms with Crippen LogP contribution in [0.4, 0.5) is 0 Å². The molecule has 0 bridgehead atoms. The van der Waals surface area contributed by atoms with Gasteiger partial charge in [0.25, 0.3) is 5.56 Å². The van der Waals surface area contributed by atoms with Gasteiger partial charge in [0.1, 0.15) is 12.4 Å². The largest absolute Gasteiger partial charge is 0.468 e. The minimum atomic E-state index is -0.333. The van der Waals surface area contributed by atoms with Crippen LogP contribution in [0.1, 0.15) is 36.8 Å². The first-order chi connectivity index (χ1) is 15.3. The van der Waals surface area contributed by atoms with Crippen LogP contribution in [-0.4, -0.2) is 33.5 Å². The van der Waals surface area contributed by atoms with Gasteiger partial charge in [0.2, 0.25) is 0 Å². The van der Waals surface area contributed by atoms with E-state index in [1.165, 1.54) is 11.8 Å². The van der Waals surface area contributed by atoms with Gasteiger partial charge >= 0.3 is 5.97 Å². The Hall–Kier alpha value is -3.26. The molecule has 32 heavy (non-hydrogen) atoms. The van der Waals surface area contributed by atoms with Gasteiger partial charge in [0, 0.05) is 32.6 Å². The van der Waals surface area contributed by atoms with E-state index in [0.29, 0.717) is 16.7 Å². The molecule has 0 aliphatic carbocycles. The van der Waals surface area contributed by atoms with Crippen molar-refractivity contribution in [3.63, 3.8) is 0 Å². The molecule has 2 aromatic heterocycles. The number of rotatable bonds is 5. The van der Waals surface area contributed by atoms with Crippen molar-refractivity contribution in [2.45, 2.75) is 33.2 Å². The Morgan fingerprint density at radius 3 is 2.69 bits per heavy atom. The fraction of sp³-hybridized carbons (Fsp3) is 0.250. The number of hydrogen-bond acceptors (Lipinski definition) is 5. The number of fused-ring (bicyclic) bond motifs is 2. The van der Waals surface area contributed by atoms with Crippen LogP contribution in [0.15, 0.2) is 56.8 Å². The van der Waals surface area contributed by atoms with Gasteiger partial charge < -0.3 is 9.30 Å². The van der Waals surface area contributed by atoms with E-state index in [9.17, 15) is 9.59 Å². The summed E-state index contributed by atoms with van der Waals surface area (Å²) in [5.41, 5.74) is 3.00. The van der Waals surface area contributed by atoms with Crippen molar-refractivity contribution in [3.05, 3.63) is 74.4 Å². The average Bonchev–Trinajstić information content (AvgIpc) is 3.04. The molecule has 2 heterocycles. The topological polar surface area (TPSA) is 78.5 Å². The molecule has 0 radical (unpaired) electrons. The van der Waals surface area contributed by atoms with Gasteiger partial charge in [-0.05, 0) is 31.2 Å². The molecule has 4 aromatic rings. The van der Waals surface area contributed by atoms with Crippen molar-refractivity contribution in [1.29, 1.82) is 0 Å². The van der Waals surface area contributed by atoms with Gasteiger partial charge in [-0.3, -0.25) is 9.59 Å². The fourth-order valence-electron chi connectivity index (χ4n) is 3.78. The quantitative estimate of drug-likeness (QED) is 0.300. The molecule has 0 fully saturated rings. The molecule has 0 N–H and O–H groups in total. The summed E-state index contributed by atoms with van der Waals surface area (Å²) in [5, 5.41) is 6.00. The van der Waals surface area contributed by atoms with Crippen molar-refractivity contribution in [3.8, 4) is 0 Å². The van der Waals surface area contributed by atoms with E-state index in [1.807, 2.05) is 61.7 Å². The molecule has 8 heteroatoms. The Balaban J connectivity index is 1.91. The first-order valence-corrected chi connectivity index (χ1v) is 11.0. The number of carbonyl (C=O) groups excluding carboxylic acids is 1. The summed E-state index contributed by atoms with van der Waals surface area (Å²) in [4.78, 5) is 29.9. The maximum absolute atomic E-state index is 13.3. The molecule has 0 saturated heterocycles.